The molecule has 6 heteroatoms. The molecule has 5 nitrogen and oxygen atoms in total. The van der Waals surface area contributed by atoms with Crippen molar-refractivity contribution in [3.63, 3.8) is 0 Å². The largest absolute Gasteiger partial charge is 0.399 e. The Bertz CT molecular complexity index is 1300. The van der Waals surface area contributed by atoms with Gasteiger partial charge in [-0.15, -0.1) is 0 Å². The van der Waals surface area contributed by atoms with Crippen LogP contribution in [0.4, 0.5) is 11.5 Å². The number of nitrogens with two attached hydrogens (primary N) is 1. The van der Waals surface area contributed by atoms with E-state index in [0.717, 1.165) is 50.2 Å². The molecule has 158 valence electrons. The molecule has 0 fully saturated rings. The average molecular weight is 532 g/mol. The summed E-state index contributed by atoms with van der Waals surface area (Å²) < 4.78 is 1.14. The number of nitrogens with zero attached hydrogens (tertiary/aromatic N) is 2. The number of halogens is 1. The zero-order valence-corrected chi connectivity index (χ0v) is 19.5. The van der Waals surface area contributed by atoms with E-state index in [-0.39, 0.29) is 12.3 Å². The van der Waals surface area contributed by atoms with Crippen LogP contribution in [0.25, 0.3) is 22.5 Å². The zero-order valence-electron chi connectivity index (χ0n) is 17.3. The maximum absolute atomic E-state index is 12.9. The second kappa shape index (κ2) is 8.70. The van der Waals surface area contributed by atoms with Gasteiger partial charge in [0.25, 0.3) is 0 Å². The van der Waals surface area contributed by atoms with Gasteiger partial charge in [0.05, 0.1) is 17.8 Å². The molecule has 0 bridgehead atoms. The highest BCUT2D eigenvalue weighted by molar-refractivity contribution is 14.1. The standard InChI is InChI=1S/C26H21IN4O/c27-19-9-6-16(7-10-19)14-23(32)30-26-24(17-4-2-1-3-5-17)31-25-21-12-11-20(28)15-18(21)8-13-22(25)29-26/h1-7,9-12,15H,8,13-14,28H2,(H,29,30,32). The number of aryl methyl sites for hydroxylation is 2. The van der Waals surface area contributed by atoms with Gasteiger partial charge < -0.3 is 11.1 Å². The van der Waals surface area contributed by atoms with Gasteiger partial charge in [-0.2, -0.15) is 0 Å². The van der Waals surface area contributed by atoms with Gasteiger partial charge in [0.1, 0.15) is 5.69 Å². The number of rotatable bonds is 4. The normalized spacial score (nSPS) is 12.0. The molecule has 1 aromatic heterocycles. The molecule has 0 radical (unpaired) electrons. The first-order valence-corrected chi connectivity index (χ1v) is 11.5. The molecule has 1 aliphatic rings. The molecule has 3 aromatic carbocycles. The van der Waals surface area contributed by atoms with Gasteiger partial charge in [-0.25, -0.2) is 9.97 Å². The Morgan fingerprint density at radius 1 is 0.938 bits per heavy atom. The minimum absolute atomic E-state index is 0.110. The molecule has 0 spiro atoms. The summed E-state index contributed by atoms with van der Waals surface area (Å²) in [6.07, 6.45) is 1.89. The van der Waals surface area contributed by atoms with Crippen molar-refractivity contribution in [2.75, 3.05) is 11.1 Å². The van der Waals surface area contributed by atoms with Crippen LogP contribution >= 0.6 is 22.6 Å². The predicted octanol–water partition coefficient (Wildman–Crippen LogP) is 5.28. The molecule has 3 N–H and O–H groups in total. The van der Waals surface area contributed by atoms with Gasteiger partial charge in [0.2, 0.25) is 5.91 Å². The number of carbonyl (C=O) groups excluding carboxylic acids is 1. The number of fused-ring (bicyclic) bond motifs is 3. The SMILES string of the molecule is Nc1ccc2c(c1)CCc1nc(NC(=O)Cc3ccc(I)cc3)c(-c3ccccc3)nc1-2. The Morgan fingerprint density at radius 2 is 1.72 bits per heavy atom. The van der Waals surface area contributed by atoms with E-state index in [4.69, 9.17) is 15.7 Å². The molecule has 1 aliphatic carbocycles. The van der Waals surface area contributed by atoms with Gasteiger partial charge in [0, 0.05) is 20.4 Å². The Labute approximate surface area is 200 Å². The van der Waals surface area contributed by atoms with Crippen molar-refractivity contribution >= 4 is 40.0 Å². The van der Waals surface area contributed by atoms with Crippen molar-refractivity contribution in [3.8, 4) is 22.5 Å². The first-order valence-electron chi connectivity index (χ1n) is 10.5. The van der Waals surface area contributed by atoms with Gasteiger partial charge in [0.15, 0.2) is 5.82 Å². The fourth-order valence-electron chi connectivity index (χ4n) is 4.01. The van der Waals surface area contributed by atoms with E-state index in [2.05, 4.69) is 27.9 Å². The van der Waals surface area contributed by atoms with E-state index >= 15 is 0 Å². The molecule has 0 atom stereocenters. The number of amides is 1. The summed E-state index contributed by atoms with van der Waals surface area (Å²) in [7, 11) is 0. The fraction of sp³-hybridized carbons (Fsp3) is 0.115. The van der Waals surface area contributed by atoms with Crippen molar-refractivity contribution < 1.29 is 4.79 Å². The predicted molar refractivity (Wildman–Crippen MR) is 136 cm³/mol. The van der Waals surface area contributed by atoms with Crippen LogP contribution in [0.1, 0.15) is 16.8 Å². The van der Waals surface area contributed by atoms with E-state index in [1.54, 1.807) is 0 Å². The number of hydrogen-bond donors (Lipinski definition) is 2. The third kappa shape index (κ3) is 4.23. The molecule has 0 aliphatic heterocycles. The molecule has 32 heavy (non-hydrogen) atoms. The van der Waals surface area contributed by atoms with E-state index in [1.807, 2.05) is 72.8 Å². The molecule has 1 heterocycles. The third-order valence-electron chi connectivity index (χ3n) is 5.57. The van der Waals surface area contributed by atoms with Crippen molar-refractivity contribution in [2.24, 2.45) is 0 Å². The van der Waals surface area contributed by atoms with E-state index in [1.165, 1.54) is 5.56 Å². The van der Waals surface area contributed by atoms with Crippen molar-refractivity contribution in [1.82, 2.24) is 9.97 Å². The number of hydrogen-bond acceptors (Lipinski definition) is 4. The highest BCUT2D eigenvalue weighted by Crippen LogP contribution is 2.36. The summed E-state index contributed by atoms with van der Waals surface area (Å²) in [5.74, 6) is 0.394. The Balaban J connectivity index is 1.54. The average Bonchev–Trinajstić information content (AvgIpc) is 2.80. The van der Waals surface area contributed by atoms with Crippen LogP contribution in [0.5, 0.6) is 0 Å². The molecular weight excluding hydrogens is 511 g/mol. The first kappa shape index (κ1) is 20.6. The molecule has 0 saturated heterocycles. The number of nitrogens with one attached hydrogen (secondary N) is 1. The van der Waals surface area contributed by atoms with Gasteiger partial charge in [-0.1, -0.05) is 48.5 Å². The number of benzene rings is 3. The van der Waals surface area contributed by atoms with Crippen molar-refractivity contribution in [2.45, 2.75) is 19.3 Å². The lowest BCUT2D eigenvalue weighted by molar-refractivity contribution is -0.115. The van der Waals surface area contributed by atoms with Crippen LogP contribution in [0.2, 0.25) is 0 Å². The van der Waals surface area contributed by atoms with Gasteiger partial charge in [-0.05, 0) is 70.8 Å². The second-order valence-electron chi connectivity index (χ2n) is 7.85. The van der Waals surface area contributed by atoms with Crippen molar-refractivity contribution in [3.05, 3.63) is 93.2 Å². The summed E-state index contributed by atoms with van der Waals surface area (Å²) in [5, 5.41) is 3.02. The lowest BCUT2D eigenvalue weighted by Crippen LogP contribution is -2.19. The smallest absolute Gasteiger partial charge is 0.230 e. The Morgan fingerprint density at radius 3 is 2.50 bits per heavy atom. The topological polar surface area (TPSA) is 80.9 Å². The quantitative estimate of drug-likeness (QED) is 0.277. The van der Waals surface area contributed by atoms with Crippen LogP contribution < -0.4 is 11.1 Å². The molecule has 4 aromatic rings. The lowest BCUT2D eigenvalue weighted by Gasteiger charge is -2.21. The van der Waals surface area contributed by atoms with Crippen LogP contribution in [0.15, 0.2) is 72.8 Å². The summed E-state index contributed by atoms with van der Waals surface area (Å²) in [5.41, 5.74) is 13.3. The summed E-state index contributed by atoms with van der Waals surface area (Å²) in [4.78, 5) is 22.7. The second-order valence-corrected chi connectivity index (χ2v) is 9.10. The number of carbonyl (C=O) groups is 1. The molecule has 0 unspecified atom stereocenters. The molecular formula is C26H21IN4O. The monoisotopic (exact) mass is 532 g/mol. The van der Waals surface area contributed by atoms with Gasteiger partial charge >= 0.3 is 0 Å². The minimum atomic E-state index is -0.110. The summed E-state index contributed by atoms with van der Waals surface area (Å²) in [6, 6.07) is 23.7. The zero-order chi connectivity index (χ0) is 22.1. The Hall–Kier alpha value is -3.26. The molecule has 1 amide bonds. The van der Waals surface area contributed by atoms with Crippen LogP contribution in [0, 0.1) is 3.57 Å². The maximum atomic E-state index is 12.9. The van der Waals surface area contributed by atoms with Gasteiger partial charge in [-0.3, -0.25) is 4.79 Å². The highest BCUT2D eigenvalue weighted by atomic mass is 127. The highest BCUT2D eigenvalue weighted by Gasteiger charge is 2.23. The first-order chi connectivity index (χ1) is 15.6. The van der Waals surface area contributed by atoms with E-state index < -0.39 is 0 Å². The minimum Gasteiger partial charge on any atom is -0.399 e. The third-order valence-corrected chi connectivity index (χ3v) is 6.29. The molecule has 0 saturated carbocycles. The van der Waals surface area contributed by atoms with E-state index in [0.29, 0.717) is 11.5 Å². The molecule has 5 rings (SSSR count). The number of anilines is 2. The number of nitrogen functional groups attached to an aromatic ring is 1. The number of aromatic nitrogens is 2. The summed E-state index contributed by atoms with van der Waals surface area (Å²) in [6.45, 7) is 0. The van der Waals surface area contributed by atoms with Crippen molar-refractivity contribution in [1.29, 1.82) is 0 Å². The van der Waals surface area contributed by atoms with Crippen LogP contribution in [-0.2, 0) is 24.1 Å². The maximum Gasteiger partial charge on any atom is 0.230 e. The van der Waals surface area contributed by atoms with E-state index in [9.17, 15) is 4.79 Å². The lowest BCUT2D eigenvalue weighted by atomic mass is 9.91. The summed E-state index contributed by atoms with van der Waals surface area (Å²) >= 11 is 2.26. The van der Waals surface area contributed by atoms with Crippen LogP contribution in [0.3, 0.4) is 0 Å². The Kier molecular flexibility index (Phi) is 5.61. The van der Waals surface area contributed by atoms with Crippen LogP contribution in [-0.4, -0.2) is 15.9 Å². The fourth-order valence-corrected chi connectivity index (χ4v) is 4.37.